The van der Waals surface area contributed by atoms with Crippen LogP contribution in [0.2, 0.25) is 0 Å². The molecule has 1 nitrogen and oxygen atoms in total. The van der Waals surface area contributed by atoms with Crippen LogP contribution in [-0.2, 0) is 0 Å². The molecule has 1 aliphatic carbocycles. The van der Waals surface area contributed by atoms with Gasteiger partial charge in [0.15, 0.2) is 0 Å². The van der Waals surface area contributed by atoms with E-state index in [1.54, 1.807) is 0 Å². The smallest absolute Gasteiger partial charge is 0.0237 e. The van der Waals surface area contributed by atoms with E-state index in [2.05, 4.69) is 44.8 Å². The van der Waals surface area contributed by atoms with E-state index < -0.39 is 0 Å². The SMILES string of the molecule is CCCNC1C(SCC)CCC1(C)C. The highest BCUT2D eigenvalue weighted by Crippen LogP contribution is 2.42. The second-order valence-electron chi connectivity index (χ2n) is 4.95. The fourth-order valence-corrected chi connectivity index (χ4v) is 3.81. The Morgan fingerprint density at radius 3 is 2.64 bits per heavy atom. The quantitative estimate of drug-likeness (QED) is 0.755. The van der Waals surface area contributed by atoms with Crippen molar-refractivity contribution in [3.8, 4) is 0 Å². The van der Waals surface area contributed by atoms with Crippen LogP contribution in [0.15, 0.2) is 0 Å². The highest BCUT2D eigenvalue weighted by Gasteiger charge is 2.41. The lowest BCUT2D eigenvalue weighted by atomic mass is 9.87. The molecule has 0 radical (unpaired) electrons. The summed E-state index contributed by atoms with van der Waals surface area (Å²) in [6.07, 6.45) is 4.02. The minimum Gasteiger partial charge on any atom is -0.312 e. The number of rotatable bonds is 5. The maximum atomic E-state index is 3.74. The molecular formula is C12H25NS. The Bertz CT molecular complexity index is 168. The third-order valence-corrected chi connectivity index (χ3v) is 4.55. The summed E-state index contributed by atoms with van der Waals surface area (Å²) in [5.41, 5.74) is 0.502. The van der Waals surface area contributed by atoms with E-state index in [0.29, 0.717) is 5.41 Å². The fraction of sp³-hybridized carbons (Fsp3) is 1.00. The maximum absolute atomic E-state index is 3.74. The standard InChI is InChI=1S/C12H25NS/c1-5-9-13-11-10(14-6-2)7-8-12(11,3)4/h10-11,13H,5-9H2,1-4H3. The summed E-state index contributed by atoms with van der Waals surface area (Å²) >= 11 is 2.14. The van der Waals surface area contributed by atoms with Crippen LogP contribution < -0.4 is 5.32 Å². The van der Waals surface area contributed by atoms with Crippen molar-refractivity contribution < 1.29 is 0 Å². The summed E-state index contributed by atoms with van der Waals surface area (Å²) in [7, 11) is 0. The molecule has 1 N–H and O–H groups in total. The average Bonchev–Trinajstić information content (AvgIpc) is 2.40. The molecule has 84 valence electrons. The van der Waals surface area contributed by atoms with Gasteiger partial charge in [-0.3, -0.25) is 0 Å². The molecule has 0 aromatic rings. The van der Waals surface area contributed by atoms with Gasteiger partial charge in [-0.1, -0.05) is 27.7 Å². The molecule has 1 saturated carbocycles. The van der Waals surface area contributed by atoms with Gasteiger partial charge in [0.05, 0.1) is 0 Å². The Morgan fingerprint density at radius 1 is 1.36 bits per heavy atom. The van der Waals surface area contributed by atoms with Gasteiger partial charge in [0.25, 0.3) is 0 Å². The molecule has 0 saturated heterocycles. The summed E-state index contributed by atoms with van der Waals surface area (Å²) in [5.74, 6) is 1.26. The highest BCUT2D eigenvalue weighted by atomic mass is 32.2. The molecule has 1 fully saturated rings. The molecule has 0 bridgehead atoms. The van der Waals surface area contributed by atoms with Crippen molar-refractivity contribution in [3.63, 3.8) is 0 Å². The van der Waals surface area contributed by atoms with Crippen LogP contribution in [0.4, 0.5) is 0 Å². The largest absolute Gasteiger partial charge is 0.312 e. The lowest BCUT2D eigenvalue weighted by molar-refractivity contribution is 0.287. The molecule has 0 spiro atoms. The van der Waals surface area contributed by atoms with E-state index >= 15 is 0 Å². The molecule has 0 heterocycles. The molecule has 14 heavy (non-hydrogen) atoms. The molecule has 1 aliphatic rings. The van der Waals surface area contributed by atoms with Crippen LogP contribution in [0.5, 0.6) is 0 Å². The van der Waals surface area contributed by atoms with E-state index in [9.17, 15) is 0 Å². The molecule has 2 unspecified atom stereocenters. The molecule has 0 aliphatic heterocycles. The first kappa shape index (κ1) is 12.4. The van der Waals surface area contributed by atoms with E-state index in [1.165, 1.54) is 31.6 Å². The third-order valence-electron chi connectivity index (χ3n) is 3.28. The Kier molecular flexibility index (Phi) is 4.78. The molecule has 0 amide bonds. The summed E-state index contributed by atoms with van der Waals surface area (Å²) in [6, 6.07) is 0.729. The van der Waals surface area contributed by atoms with Gasteiger partial charge in [-0.15, -0.1) is 0 Å². The lowest BCUT2D eigenvalue weighted by Crippen LogP contribution is -2.43. The van der Waals surface area contributed by atoms with Gasteiger partial charge < -0.3 is 5.32 Å². The zero-order valence-electron chi connectivity index (χ0n) is 10.1. The van der Waals surface area contributed by atoms with Gasteiger partial charge in [0, 0.05) is 11.3 Å². The van der Waals surface area contributed by atoms with Crippen molar-refractivity contribution in [2.24, 2.45) is 5.41 Å². The topological polar surface area (TPSA) is 12.0 Å². The van der Waals surface area contributed by atoms with Gasteiger partial charge >= 0.3 is 0 Å². The molecular weight excluding hydrogens is 190 g/mol. The first-order chi connectivity index (χ1) is 6.61. The van der Waals surface area contributed by atoms with Crippen LogP contribution >= 0.6 is 11.8 Å². The Labute approximate surface area is 93.4 Å². The molecule has 0 aromatic carbocycles. The van der Waals surface area contributed by atoms with Crippen molar-refractivity contribution in [2.45, 2.75) is 58.2 Å². The van der Waals surface area contributed by atoms with Crippen LogP contribution in [-0.4, -0.2) is 23.6 Å². The third kappa shape index (κ3) is 2.90. The van der Waals surface area contributed by atoms with Gasteiger partial charge in [-0.2, -0.15) is 11.8 Å². The van der Waals surface area contributed by atoms with Crippen molar-refractivity contribution in [1.29, 1.82) is 0 Å². The molecule has 2 heteroatoms. The summed E-state index contributed by atoms with van der Waals surface area (Å²) < 4.78 is 0. The van der Waals surface area contributed by atoms with Gasteiger partial charge in [0.2, 0.25) is 0 Å². The van der Waals surface area contributed by atoms with Gasteiger partial charge in [-0.05, 0) is 37.0 Å². The van der Waals surface area contributed by atoms with Crippen molar-refractivity contribution >= 4 is 11.8 Å². The Balaban J connectivity index is 2.52. The number of hydrogen-bond donors (Lipinski definition) is 1. The monoisotopic (exact) mass is 215 g/mol. The number of nitrogens with one attached hydrogen (secondary N) is 1. The predicted octanol–water partition coefficient (Wildman–Crippen LogP) is 3.30. The molecule has 0 aromatic heterocycles. The highest BCUT2D eigenvalue weighted by molar-refractivity contribution is 7.99. The first-order valence-corrected chi connectivity index (χ1v) is 7.01. The van der Waals surface area contributed by atoms with E-state index in [0.717, 1.165) is 11.3 Å². The van der Waals surface area contributed by atoms with Crippen LogP contribution in [0.25, 0.3) is 0 Å². The summed E-state index contributed by atoms with van der Waals surface area (Å²) in [4.78, 5) is 0. The minimum absolute atomic E-state index is 0.502. The molecule has 2 atom stereocenters. The fourth-order valence-electron chi connectivity index (χ4n) is 2.44. The van der Waals surface area contributed by atoms with Gasteiger partial charge in [-0.25, -0.2) is 0 Å². The zero-order valence-corrected chi connectivity index (χ0v) is 10.9. The number of thioether (sulfide) groups is 1. The summed E-state index contributed by atoms with van der Waals surface area (Å²) in [6.45, 7) is 10.5. The normalized spacial score (nSPS) is 30.9. The maximum Gasteiger partial charge on any atom is 0.0237 e. The number of hydrogen-bond acceptors (Lipinski definition) is 2. The van der Waals surface area contributed by atoms with Crippen molar-refractivity contribution in [3.05, 3.63) is 0 Å². The van der Waals surface area contributed by atoms with E-state index in [4.69, 9.17) is 0 Å². The van der Waals surface area contributed by atoms with E-state index in [-0.39, 0.29) is 0 Å². The average molecular weight is 215 g/mol. The Morgan fingerprint density at radius 2 is 2.07 bits per heavy atom. The van der Waals surface area contributed by atoms with E-state index in [1.807, 2.05) is 0 Å². The van der Waals surface area contributed by atoms with Crippen LogP contribution in [0, 0.1) is 5.41 Å². The first-order valence-electron chi connectivity index (χ1n) is 5.96. The second-order valence-corrected chi connectivity index (χ2v) is 6.47. The minimum atomic E-state index is 0.502. The zero-order chi connectivity index (χ0) is 10.6. The van der Waals surface area contributed by atoms with Crippen molar-refractivity contribution in [2.75, 3.05) is 12.3 Å². The predicted molar refractivity (Wildman–Crippen MR) is 67.0 cm³/mol. The molecule has 1 rings (SSSR count). The second kappa shape index (κ2) is 5.41. The lowest BCUT2D eigenvalue weighted by Gasteiger charge is -2.31. The summed E-state index contributed by atoms with van der Waals surface area (Å²) in [5, 5.41) is 4.58. The Hall–Kier alpha value is 0.310. The van der Waals surface area contributed by atoms with Crippen LogP contribution in [0.1, 0.15) is 47.0 Å². The van der Waals surface area contributed by atoms with Gasteiger partial charge in [0.1, 0.15) is 0 Å². The van der Waals surface area contributed by atoms with Crippen molar-refractivity contribution in [1.82, 2.24) is 5.32 Å². The van der Waals surface area contributed by atoms with Crippen LogP contribution in [0.3, 0.4) is 0 Å².